The van der Waals surface area contributed by atoms with Gasteiger partial charge in [0.05, 0.1) is 0 Å². The van der Waals surface area contributed by atoms with Crippen LogP contribution in [0.3, 0.4) is 0 Å². The van der Waals surface area contributed by atoms with Gasteiger partial charge in [0.25, 0.3) is 0 Å². The van der Waals surface area contributed by atoms with Crippen LogP contribution in [0.4, 0.5) is 0 Å². The van der Waals surface area contributed by atoms with E-state index in [0.29, 0.717) is 12.0 Å². The van der Waals surface area contributed by atoms with Crippen LogP contribution in [-0.4, -0.2) is 17.9 Å². The van der Waals surface area contributed by atoms with Gasteiger partial charge in [-0.05, 0) is 25.0 Å². The van der Waals surface area contributed by atoms with Gasteiger partial charge in [-0.15, -0.1) is 0 Å². The van der Waals surface area contributed by atoms with Crippen molar-refractivity contribution in [2.75, 3.05) is 0 Å². The molecule has 88 valence electrons. The zero-order valence-corrected chi connectivity index (χ0v) is 9.73. The van der Waals surface area contributed by atoms with Crippen LogP contribution in [0.2, 0.25) is 0 Å². The number of ketones is 1. The van der Waals surface area contributed by atoms with Crippen LogP contribution in [0.25, 0.3) is 0 Å². The maximum absolute atomic E-state index is 11.5. The normalized spacial score (nSPS) is 39.6. The first kappa shape index (κ1) is 10.5. The maximum Gasteiger partial charge on any atom is 0.334 e. The van der Waals surface area contributed by atoms with Crippen molar-refractivity contribution in [1.29, 1.82) is 0 Å². The molecular weight excluding hydrogens is 216 g/mol. The average Bonchev–Trinajstić information content (AvgIpc) is 2.53. The zero-order chi connectivity index (χ0) is 12.2. The van der Waals surface area contributed by atoms with Gasteiger partial charge < -0.3 is 4.74 Å². The number of fused-ring (bicyclic) bond motifs is 2. The standard InChI is InChI=1S/C14H14O3/c1-8-11-6-9-5-10(15)3-4-14(9,2)7-12(11)17-13(8)16/h3-5,11-12H,1,6-7H2,2H3. The molecule has 0 N–H and O–H groups in total. The first-order chi connectivity index (χ1) is 7.99. The second kappa shape index (κ2) is 3.19. The molecule has 0 aromatic carbocycles. The molecule has 0 spiro atoms. The molecule has 1 saturated carbocycles. The number of hydrogen-bond acceptors (Lipinski definition) is 3. The Labute approximate surface area is 99.8 Å². The molecule has 3 rings (SSSR count). The minimum atomic E-state index is -0.279. The molecule has 2 aliphatic carbocycles. The van der Waals surface area contributed by atoms with Gasteiger partial charge in [-0.25, -0.2) is 4.79 Å². The van der Waals surface area contributed by atoms with E-state index < -0.39 is 0 Å². The summed E-state index contributed by atoms with van der Waals surface area (Å²) in [6.45, 7) is 5.88. The minimum absolute atomic E-state index is 0.0341. The Morgan fingerprint density at radius 1 is 1.47 bits per heavy atom. The maximum atomic E-state index is 11.5. The largest absolute Gasteiger partial charge is 0.458 e. The summed E-state index contributed by atoms with van der Waals surface area (Å²) in [7, 11) is 0. The van der Waals surface area contributed by atoms with Crippen molar-refractivity contribution in [3.05, 3.63) is 36.0 Å². The molecule has 0 aromatic heterocycles. The summed E-state index contributed by atoms with van der Waals surface area (Å²) in [6.07, 6.45) is 6.63. The average molecular weight is 230 g/mol. The minimum Gasteiger partial charge on any atom is -0.458 e. The van der Waals surface area contributed by atoms with Crippen molar-refractivity contribution in [2.45, 2.75) is 25.9 Å². The third kappa shape index (κ3) is 1.42. The summed E-state index contributed by atoms with van der Waals surface area (Å²) in [5, 5.41) is 0. The number of ether oxygens (including phenoxy) is 1. The van der Waals surface area contributed by atoms with E-state index in [2.05, 4.69) is 13.5 Å². The summed E-state index contributed by atoms with van der Waals surface area (Å²) in [5.41, 5.74) is 1.52. The predicted octanol–water partition coefficient (Wildman–Crippen LogP) is 1.95. The molecule has 3 atom stereocenters. The van der Waals surface area contributed by atoms with Gasteiger partial charge in [-0.3, -0.25) is 4.79 Å². The first-order valence-corrected chi connectivity index (χ1v) is 5.84. The van der Waals surface area contributed by atoms with Crippen LogP contribution >= 0.6 is 0 Å². The van der Waals surface area contributed by atoms with Gasteiger partial charge in [0.1, 0.15) is 6.10 Å². The van der Waals surface area contributed by atoms with Crippen molar-refractivity contribution < 1.29 is 14.3 Å². The molecular formula is C14H14O3. The molecule has 0 aromatic rings. The molecule has 2 fully saturated rings. The number of carbonyl (C=O) groups is 2. The van der Waals surface area contributed by atoms with Gasteiger partial charge in [0.2, 0.25) is 0 Å². The molecule has 1 aliphatic heterocycles. The SMILES string of the molecule is C=C1C(=O)OC2CC3(C)C=CC(=O)C=C3CC12. The summed E-state index contributed by atoms with van der Waals surface area (Å²) < 4.78 is 5.33. The fourth-order valence-electron chi connectivity index (χ4n) is 3.01. The van der Waals surface area contributed by atoms with E-state index in [4.69, 9.17) is 4.74 Å². The van der Waals surface area contributed by atoms with Crippen molar-refractivity contribution in [2.24, 2.45) is 11.3 Å². The van der Waals surface area contributed by atoms with E-state index in [0.717, 1.165) is 12.0 Å². The van der Waals surface area contributed by atoms with E-state index >= 15 is 0 Å². The van der Waals surface area contributed by atoms with Crippen LogP contribution in [0.15, 0.2) is 36.0 Å². The summed E-state index contributed by atoms with van der Waals surface area (Å²) in [6, 6.07) is 0. The van der Waals surface area contributed by atoms with Gasteiger partial charge in [0, 0.05) is 16.9 Å². The van der Waals surface area contributed by atoms with E-state index in [9.17, 15) is 9.59 Å². The van der Waals surface area contributed by atoms with E-state index in [1.54, 1.807) is 12.2 Å². The Morgan fingerprint density at radius 2 is 2.24 bits per heavy atom. The lowest BCUT2D eigenvalue weighted by atomic mass is 9.64. The van der Waals surface area contributed by atoms with E-state index in [1.807, 2.05) is 6.08 Å². The topological polar surface area (TPSA) is 43.4 Å². The number of allylic oxidation sites excluding steroid dienone is 4. The molecule has 0 bridgehead atoms. The van der Waals surface area contributed by atoms with Crippen LogP contribution in [0, 0.1) is 11.3 Å². The number of carbonyl (C=O) groups excluding carboxylic acids is 2. The zero-order valence-electron chi connectivity index (χ0n) is 9.73. The molecule has 3 heteroatoms. The van der Waals surface area contributed by atoms with Gasteiger partial charge in [-0.1, -0.05) is 25.2 Å². The molecule has 17 heavy (non-hydrogen) atoms. The molecule has 1 saturated heterocycles. The highest BCUT2D eigenvalue weighted by atomic mass is 16.6. The molecule has 1 heterocycles. The summed E-state index contributed by atoms with van der Waals surface area (Å²) in [4.78, 5) is 22.9. The second-order valence-electron chi connectivity index (χ2n) is 5.31. The highest BCUT2D eigenvalue weighted by Gasteiger charge is 2.48. The van der Waals surface area contributed by atoms with Crippen LogP contribution in [-0.2, 0) is 14.3 Å². The highest BCUT2D eigenvalue weighted by molar-refractivity contribution is 6.01. The fraction of sp³-hybridized carbons (Fsp3) is 0.429. The van der Waals surface area contributed by atoms with Crippen molar-refractivity contribution in [1.82, 2.24) is 0 Å². The first-order valence-electron chi connectivity index (χ1n) is 5.84. The lowest BCUT2D eigenvalue weighted by molar-refractivity contribution is -0.140. The van der Waals surface area contributed by atoms with Gasteiger partial charge in [-0.2, -0.15) is 0 Å². The number of rotatable bonds is 0. The monoisotopic (exact) mass is 230 g/mol. The Balaban J connectivity index is 1.98. The predicted molar refractivity (Wildman–Crippen MR) is 62.1 cm³/mol. The highest BCUT2D eigenvalue weighted by Crippen LogP contribution is 2.50. The lowest BCUT2D eigenvalue weighted by Gasteiger charge is -2.40. The Hall–Kier alpha value is -1.64. The molecule has 3 unspecified atom stereocenters. The van der Waals surface area contributed by atoms with Crippen molar-refractivity contribution >= 4 is 11.8 Å². The molecule has 3 aliphatic rings. The van der Waals surface area contributed by atoms with Crippen molar-refractivity contribution in [3.63, 3.8) is 0 Å². The van der Waals surface area contributed by atoms with Crippen LogP contribution in [0.1, 0.15) is 19.8 Å². The van der Waals surface area contributed by atoms with Crippen LogP contribution < -0.4 is 0 Å². The Morgan fingerprint density at radius 3 is 3.00 bits per heavy atom. The fourth-order valence-corrected chi connectivity index (χ4v) is 3.01. The Kier molecular flexibility index (Phi) is 1.97. The third-order valence-corrected chi connectivity index (χ3v) is 4.15. The lowest BCUT2D eigenvalue weighted by Crippen LogP contribution is -2.36. The Bertz CT molecular complexity index is 498. The van der Waals surface area contributed by atoms with Gasteiger partial charge >= 0.3 is 5.97 Å². The molecule has 0 amide bonds. The van der Waals surface area contributed by atoms with E-state index in [1.165, 1.54) is 0 Å². The van der Waals surface area contributed by atoms with Crippen molar-refractivity contribution in [3.8, 4) is 0 Å². The molecule has 0 radical (unpaired) electrons. The summed E-state index contributed by atoms with van der Waals surface area (Å²) >= 11 is 0. The smallest absolute Gasteiger partial charge is 0.334 e. The number of esters is 1. The second-order valence-corrected chi connectivity index (χ2v) is 5.31. The molecule has 3 nitrogen and oxygen atoms in total. The third-order valence-electron chi connectivity index (χ3n) is 4.15. The number of hydrogen-bond donors (Lipinski definition) is 0. The van der Waals surface area contributed by atoms with Gasteiger partial charge in [0.15, 0.2) is 5.78 Å². The summed E-state index contributed by atoms with van der Waals surface area (Å²) in [5.74, 6) is -0.189. The quantitative estimate of drug-likeness (QED) is 0.472. The van der Waals surface area contributed by atoms with E-state index in [-0.39, 0.29) is 29.2 Å². The van der Waals surface area contributed by atoms with Crippen LogP contribution in [0.5, 0.6) is 0 Å².